The standard InChI is InChI=1S/C13H17ClN2OS/c1-15-6-9-2-3-10(15)8-16(7-9)13(17)11-4-5-12(14)18-11/h4-5,9-10H,2-3,6-8H2,1H3/t9-,10-/m1/s1. The quantitative estimate of drug-likeness (QED) is 0.791. The van der Waals surface area contributed by atoms with Gasteiger partial charge in [0.1, 0.15) is 0 Å². The van der Waals surface area contributed by atoms with Crippen LogP contribution in [0.2, 0.25) is 4.34 Å². The van der Waals surface area contributed by atoms with E-state index in [1.54, 1.807) is 6.07 Å². The third-order valence-corrected chi connectivity index (χ3v) is 5.28. The van der Waals surface area contributed by atoms with Gasteiger partial charge >= 0.3 is 0 Å². The second kappa shape index (κ2) is 4.83. The summed E-state index contributed by atoms with van der Waals surface area (Å²) in [7, 11) is 2.17. The van der Waals surface area contributed by atoms with Gasteiger partial charge in [0.05, 0.1) is 9.21 Å². The molecule has 4 heterocycles. The van der Waals surface area contributed by atoms with Crippen molar-refractivity contribution >= 4 is 28.8 Å². The summed E-state index contributed by atoms with van der Waals surface area (Å²) in [6.07, 6.45) is 2.47. The third-order valence-electron chi connectivity index (χ3n) is 4.06. The Kier molecular flexibility index (Phi) is 3.34. The van der Waals surface area contributed by atoms with Crippen molar-refractivity contribution in [3.8, 4) is 0 Å². The van der Waals surface area contributed by atoms with E-state index in [1.807, 2.05) is 11.0 Å². The first-order valence-electron chi connectivity index (χ1n) is 6.38. The van der Waals surface area contributed by atoms with Crippen LogP contribution < -0.4 is 0 Å². The van der Waals surface area contributed by atoms with E-state index in [1.165, 1.54) is 24.2 Å². The van der Waals surface area contributed by atoms with Crippen molar-refractivity contribution in [3.63, 3.8) is 0 Å². The molecule has 1 amide bonds. The van der Waals surface area contributed by atoms with Gasteiger partial charge in [-0.05, 0) is 37.9 Å². The van der Waals surface area contributed by atoms with Gasteiger partial charge < -0.3 is 9.80 Å². The Bertz CT molecular complexity index is 462. The van der Waals surface area contributed by atoms with Gasteiger partial charge in [0.15, 0.2) is 0 Å². The molecule has 1 aromatic rings. The van der Waals surface area contributed by atoms with Crippen molar-refractivity contribution in [2.24, 2.45) is 5.92 Å². The molecule has 3 aliphatic rings. The van der Waals surface area contributed by atoms with Crippen molar-refractivity contribution in [1.29, 1.82) is 0 Å². The maximum absolute atomic E-state index is 12.5. The molecule has 0 N–H and O–H groups in total. The molecule has 1 aromatic heterocycles. The van der Waals surface area contributed by atoms with Crippen LogP contribution >= 0.6 is 22.9 Å². The Hall–Kier alpha value is -0.580. The lowest BCUT2D eigenvalue weighted by Gasteiger charge is -2.32. The number of amides is 1. The summed E-state index contributed by atoms with van der Waals surface area (Å²) in [5, 5.41) is 0. The van der Waals surface area contributed by atoms with Gasteiger partial charge in [-0.3, -0.25) is 4.79 Å². The number of nitrogens with zero attached hydrogens (tertiary/aromatic N) is 2. The monoisotopic (exact) mass is 284 g/mol. The number of piperidine rings is 1. The highest BCUT2D eigenvalue weighted by atomic mass is 35.5. The Morgan fingerprint density at radius 2 is 2.17 bits per heavy atom. The molecule has 2 bridgehead atoms. The zero-order valence-corrected chi connectivity index (χ0v) is 12.0. The van der Waals surface area contributed by atoms with E-state index >= 15 is 0 Å². The highest BCUT2D eigenvalue weighted by molar-refractivity contribution is 7.17. The smallest absolute Gasteiger partial charge is 0.264 e. The third kappa shape index (κ3) is 2.29. The molecule has 18 heavy (non-hydrogen) atoms. The maximum atomic E-state index is 12.5. The first kappa shape index (κ1) is 12.5. The fourth-order valence-corrected chi connectivity index (χ4v) is 4.08. The van der Waals surface area contributed by atoms with Crippen molar-refractivity contribution in [3.05, 3.63) is 21.3 Å². The van der Waals surface area contributed by atoms with Crippen LogP contribution in [0.25, 0.3) is 0 Å². The van der Waals surface area contributed by atoms with Crippen LogP contribution in [0.3, 0.4) is 0 Å². The number of fused-ring (bicyclic) bond motifs is 4. The molecule has 98 valence electrons. The number of carbonyl (C=O) groups excluding carboxylic acids is 1. The fraction of sp³-hybridized carbons (Fsp3) is 0.615. The molecule has 0 aliphatic carbocycles. The van der Waals surface area contributed by atoms with Crippen LogP contribution in [0.5, 0.6) is 0 Å². The van der Waals surface area contributed by atoms with Crippen LogP contribution in [-0.4, -0.2) is 48.4 Å². The van der Waals surface area contributed by atoms with E-state index in [2.05, 4.69) is 11.9 Å². The lowest BCUT2D eigenvalue weighted by atomic mass is 9.96. The van der Waals surface area contributed by atoms with E-state index < -0.39 is 0 Å². The second-order valence-corrected chi connectivity index (χ2v) is 7.07. The van der Waals surface area contributed by atoms with Gasteiger partial charge in [0.25, 0.3) is 5.91 Å². The number of carbonyl (C=O) groups is 1. The summed E-state index contributed by atoms with van der Waals surface area (Å²) in [5.41, 5.74) is 0. The van der Waals surface area contributed by atoms with E-state index in [-0.39, 0.29) is 5.91 Å². The Balaban J connectivity index is 1.79. The number of hydrogen-bond donors (Lipinski definition) is 0. The van der Waals surface area contributed by atoms with Crippen LogP contribution in [-0.2, 0) is 0 Å². The summed E-state index contributed by atoms with van der Waals surface area (Å²) in [6.45, 7) is 2.89. The number of thiophene rings is 1. The van der Waals surface area contributed by atoms with Crippen LogP contribution in [0.1, 0.15) is 22.5 Å². The molecule has 3 saturated heterocycles. The summed E-state index contributed by atoms with van der Waals surface area (Å²) in [5.74, 6) is 0.784. The minimum Gasteiger partial charge on any atom is -0.336 e. The molecule has 5 heteroatoms. The van der Waals surface area contributed by atoms with E-state index in [4.69, 9.17) is 11.6 Å². The summed E-state index contributed by atoms with van der Waals surface area (Å²) in [4.78, 5) is 17.6. The number of likely N-dealkylation sites (N-methyl/N-ethyl adjacent to an activating group) is 1. The SMILES string of the molecule is CN1C[C@H]2CC[C@@H]1CN(C(=O)c1ccc(Cl)s1)C2. The molecule has 2 atom stereocenters. The van der Waals surface area contributed by atoms with E-state index in [0.29, 0.717) is 16.3 Å². The summed E-state index contributed by atoms with van der Waals surface area (Å²) in [6, 6.07) is 4.17. The predicted octanol–water partition coefficient (Wildman–Crippen LogP) is 2.57. The lowest BCUT2D eigenvalue weighted by Crippen LogP contribution is -2.41. The zero-order valence-electron chi connectivity index (χ0n) is 10.4. The van der Waals surface area contributed by atoms with Crippen molar-refractivity contribution < 1.29 is 4.79 Å². The minimum absolute atomic E-state index is 0.152. The average molecular weight is 285 g/mol. The van der Waals surface area contributed by atoms with E-state index in [9.17, 15) is 4.79 Å². The molecular weight excluding hydrogens is 268 g/mol. The first-order valence-corrected chi connectivity index (χ1v) is 7.58. The maximum Gasteiger partial charge on any atom is 0.264 e. The van der Waals surface area contributed by atoms with Gasteiger partial charge in [0, 0.05) is 25.7 Å². The molecule has 0 aromatic carbocycles. The lowest BCUT2D eigenvalue weighted by molar-refractivity contribution is 0.0747. The van der Waals surface area contributed by atoms with Crippen LogP contribution in [0.15, 0.2) is 12.1 Å². The molecule has 3 nitrogen and oxygen atoms in total. The van der Waals surface area contributed by atoms with Crippen LogP contribution in [0, 0.1) is 5.92 Å². The number of hydrogen-bond acceptors (Lipinski definition) is 3. The molecule has 3 fully saturated rings. The van der Waals surface area contributed by atoms with Gasteiger partial charge in [-0.2, -0.15) is 0 Å². The number of halogens is 1. The highest BCUT2D eigenvalue weighted by Gasteiger charge is 2.35. The normalized spacial score (nSPS) is 28.4. The van der Waals surface area contributed by atoms with Crippen molar-refractivity contribution in [2.45, 2.75) is 18.9 Å². The molecule has 0 unspecified atom stereocenters. The second-order valence-electron chi connectivity index (χ2n) is 5.35. The molecular formula is C13H17ClN2OS. The average Bonchev–Trinajstić information content (AvgIpc) is 2.59. The van der Waals surface area contributed by atoms with Crippen molar-refractivity contribution in [2.75, 3.05) is 26.7 Å². The van der Waals surface area contributed by atoms with Gasteiger partial charge in [-0.1, -0.05) is 11.6 Å². The molecule has 0 radical (unpaired) electrons. The van der Waals surface area contributed by atoms with Gasteiger partial charge in [0.2, 0.25) is 0 Å². The Morgan fingerprint density at radius 1 is 1.33 bits per heavy atom. The largest absolute Gasteiger partial charge is 0.336 e. The Labute approximate surface area is 116 Å². The van der Waals surface area contributed by atoms with Crippen LogP contribution in [0.4, 0.5) is 0 Å². The minimum atomic E-state index is 0.152. The highest BCUT2D eigenvalue weighted by Crippen LogP contribution is 2.29. The number of rotatable bonds is 1. The van der Waals surface area contributed by atoms with Gasteiger partial charge in [-0.15, -0.1) is 11.3 Å². The molecule has 0 saturated carbocycles. The summed E-state index contributed by atoms with van der Waals surface area (Å²) < 4.78 is 0.688. The fourth-order valence-electron chi connectivity index (χ4n) is 3.07. The molecule has 0 spiro atoms. The van der Waals surface area contributed by atoms with Gasteiger partial charge in [-0.25, -0.2) is 0 Å². The van der Waals surface area contributed by atoms with E-state index in [0.717, 1.165) is 24.5 Å². The molecule has 3 aliphatic heterocycles. The predicted molar refractivity (Wildman–Crippen MR) is 74.4 cm³/mol. The topological polar surface area (TPSA) is 23.6 Å². The zero-order chi connectivity index (χ0) is 12.7. The first-order chi connectivity index (χ1) is 8.63. The van der Waals surface area contributed by atoms with Crippen molar-refractivity contribution in [1.82, 2.24) is 9.80 Å². The Morgan fingerprint density at radius 3 is 2.83 bits per heavy atom. The summed E-state index contributed by atoms with van der Waals surface area (Å²) >= 11 is 7.29. The molecule has 4 rings (SSSR count).